The molecule has 2 N–H and O–H groups in total. The lowest BCUT2D eigenvalue weighted by molar-refractivity contribution is 0.412. The number of anilines is 1. The molecule has 25 heavy (non-hydrogen) atoms. The zero-order valence-electron chi connectivity index (χ0n) is 16.4. The molecule has 0 aliphatic carbocycles. The summed E-state index contributed by atoms with van der Waals surface area (Å²) in [6.45, 7) is 9.07. The third-order valence-corrected chi connectivity index (χ3v) is 5.31. The Hall–Kier alpha value is -0.750. The van der Waals surface area contributed by atoms with Crippen molar-refractivity contribution in [3.05, 3.63) is 9.54 Å². The van der Waals surface area contributed by atoms with E-state index >= 15 is 0 Å². The molecule has 0 aromatic carbocycles. The van der Waals surface area contributed by atoms with E-state index in [0.29, 0.717) is 21.6 Å². The van der Waals surface area contributed by atoms with Gasteiger partial charge in [-0.25, -0.2) is 0 Å². The van der Waals surface area contributed by atoms with E-state index in [1.807, 2.05) is 0 Å². The minimum Gasteiger partial charge on any atom is -0.336 e. The first-order valence-electron chi connectivity index (χ1n) is 10.1. The van der Waals surface area contributed by atoms with Gasteiger partial charge in [-0.2, -0.15) is 4.98 Å². The Kier molecular flexibility index (Phi) is 11.2. The Morgan fingerprint density at radius 1 is 0.840 bits per heavy atom. The minimum absolute atomic E-state index is 0.468. The molecule has 0 radical (unpaired) electrons. The molecule has 144 valence electrons. The summed E-state index contributed by atoms with van der Waals surface area (Å²) in [5, 5.41) is 0. The van der Waals surface area contributed by atoms with Gasteiger partial charge in [0.2, 0.25) is 10.7 Å². The number of nitrogens with zero attached hydrogens (tertiary/aromatic N) is 2. The van der Waals surface area contributed by atoms with Gasteiger partial charge in [-0.05, 0) is 50.1 Å². The van der Waals surface area contributed by atoms with Crippen LogP contribution < -0.4 is 4.90 Å². The van der Waals surface area contributed by atoms with Crippen LogP contribution in [0.25, 0.3) is 0 Å². The summed E-state index contributed by atoms with van der Waals surface area (Å²) in [5.41, 5.74) is 0. The van der Waals surface area contributed by atoms with Crippen LogP contribution in [0.1, 0.15) is 91.9 Å². The van der Waals surface area contributed by atoms with Gasteiger partial charge in [0.15, 0.2) is 4.77 Å². The van der Waals surface area contributed by atoms with E-state index < -0.39 is 0 Å². The zero-order chi connectivity index (χ0) is 18.7. The number of aromatic nitrogens is 3. The largest absolute Gasteiger partial charge is 0.336 e. The lowest BCUT2D eigenvalue weighted by Gasteiger charge is -2.38. The predicted molar refractivity (Wildman–Crippen MR) is 114 cm³/mol. The molecule has 4 nitrogen and oxygen atoms in total. The van der Waals surface area contributed by atoms with Crippen LogP contribution in [-0.2, 0) is 0 Å². The first-order valence-corrected chi connectivity index (χ1v) is 10.9. The molecule has 6 heteroatoms. The molecule has 0 amide bonds. The molecule has 0 fully saturated rings. The summed E-state index contributed by atoms with van der Waals surface area (Å²) in [7, 11) is 0. The number of nitrogens with one attached hydrogen (secondary N) is 2. The highest BCUT2D eigenvalue weighted by Gasteiger charge is 2.26. The average molecular weight is 385 g/mol. The van der Waals surface area contributed by atoms with E-state index in [9.17, 15) is 0 Å². The summed E-state index contributed by atoms with van der Waals surface area (Å²) in [5.74, 6) is 0.848. The van der Waals surface area contributed by atoms with E-state index in [1.54, 1.807) is 0 Å². The maximum atomic E-state index is 5.32. The smallest absolute Gasteiger partial charge is 0.208 e. The van der Waals surface area contributed by atoms with Crippen molar-refractivity contribution in [1.29, 1.82) is 0 Å². The molecule has 1 heterocycles. The molecule has 2 unspecified atom stereocenters. The maximum Gasteiger partial charge on any atom is 0.208 e. The molecule has 0 spiro atoms. The van der Waals surface area contributed by atoms with Crippen molar-refractivity contribution in [3.63, 3.8) is 0 Å². The number of hydrogen-bond acceptors (Lipinski definition) is 4. The standard InChI is InChI=1S/C19H36N4S2/c1-5-9-11-13-15(7-3)23(16(8-4)14-12-10-6-2)17-20-18(24)22-19(25)21-17/h15-16H,5-14H2,1-4H3,(H2,20,21,22,24,25). The zero-order valence-corrected chi connectivity index (χ0v) is 18.1. The van der Waals surface area contributed by atoms with Crippen molar-refractivity contribution >= 4 is 30.4 Å². The average Bonchev–Trinajstić information content (AvgIpc) is 2.58. The van der Waals surface area contributed by atoms with Gasteiger partial charge in [-0.1, -0.05) is 66.2 Å². The van der Waals surface area contributed by atoms with Gasteiger partial charge < -0.3 is 14.9 Å². The van der Waals surface area contributed by atoms with E-state index in [1.165, 1.54) is 51.4 Å². The van der Waals surface area contributed by atoms with E-state index in [0.717, 1.165) is 18.8 Å². The number of H-pyrrole nitrogens is 2. The summed E-state index contributed by atoms with van der Waals surface area (Å²) in [6.07, 6.45) is 12.2. The Bertz CT molecular complexity index is 535. The second kappa shape index (κ2) is 12.6. The SMILES string of the molecule is CCCCCC(CC)N(c1nc(=S)[nH]c(=S)[nH]1)C(CC)CCCCC. The van der Waals surface area contributed by atoms with Gasteiger partial charge in [0, 0.05) is 12.1 Å². The van der Waals surface area contributed by atoms with Gasteiger partial charge >= 0.3 is 0 Å². The molecule has 0 aliphatic heterocycles. The second-order valence-corrected chi connectivity index (χ2v) is 7.64. The number of unbranched alkanes of at least 4 members (excludes halogenated alkanes) is 4. The van der Waals surface area contributed by atoms with Crippen molar-refractivity contribution in [3.8, 4) is 0 Å². The Morgan fingerprint density at radius 2 is 1.36 bits per heavy atom. The quantitative estimate of drug-likeness (QED) is 0.293. The first-order chi connectivity index (χ1) is 12.1. The third-order valence-electron chi connectivity index (χ3n) is 4.91. The molecule has 1 aromatic rings. The number of rotatable bonds is 13. The second-order valence-electron chi connectivity index (χ2n) is 6.84. The molecule has 0 bridgehead atoms. The monoisotopic (exact) mass is 384 g/mol. The molecule has 1 rings (SSSR count). The molecular formula is C19H36N4S2. The van der Waals surface area contributed by atoms with Crippen LogP contribution in [0.3, 0.4) is 0 Å². The fourth-order valence-corrected chi connectivity index (χ4v) is 3.93. The van der Waals surface area contributed by atoms with Crippen LogP contribution in [-0.4, -0.2) is 27.0 Å². The predicted octanol–water partition coefficient (Wildman–Crippen LogP) is 6.72. The highest BCUT2D eigenvalue weighted by atomic mass is 32.1. The van der Waals surface area contributed by atoms with Crippen molar-refractivity contribution in [2.45, 2.75) is 104 Å². The fraction of sp³-hybridized carbons (Fsp3) is 0.842. The summed E-state index contributed by atoms with van der Waals surface area (Å²) < 4.78 is 1.03. The summed E-state index contributed by atoms with van der Waals surface area (Å²) in [4.78, 5) is 13.3. The lowest BCUT2D eigenvalue weighted by Crippen LogP contribution is -2.44. The van der Waals surface area contributed by atoms with E-state index in [2.05, 4.69) is 47.5 Å². The third kappa shape index (κ3) is 7.57. The van der Waals surface area contributed by atoms with Crippen LogP contribution >= 0.6 is 24.4 Å². The van der Waals surface area contributed by atoms with Gasteiger partial charge in [-0.15, -0.1) is 0 Å². The van der Waals surface area contributed by atoms with Gasteiger partial charge in [0.05, 0.1) is 0 Å². The Morgan fingerprint density at radius 3 is 1.76 bits per heavy atom. The number of hydrogen-bond donors (Lipinski definition) is 2. The molecular weight excluding hydrogens is 348 g/mol. The maximum absolute atomic E-state index is 5.32. The minimum atomic E-state index is 0.468. The van der Waals surface area contributed by atoms with Gasteiger partial charge in [0.25, 0.3) is 0 Å². The topological polar surface area (TPSA) is 47.7 Å². The van der Waals surface area contributed by atoms with Crippen molar-refractivity contribution < 1.29 is 0 Å². The van der Waals surface area contributed by atoms with E-state index in [-0.39, 0.29) is 0 Å². The van der Waals surface area contributed by atoms with Crippen molar-refractivity contribution in [2.24, 2.45) is 0 Å². The van der Waals surface area contributed by atoms with Crippen LogP contribution in [0.2, 0.25) is 0 Å². The van der Waals surface area contributed by atoms with Gasteiger partial charge in [-0.3, -0.25) is 0 Å². The van der Waals surface area contributed by atoms with Crippen LogP contribution in [0.4, 0.5) is 5.95 Å². The highest BCUT2D eigenvalue weighted by molar-refractivity contribution is 7.71. The molecule has 2 atom stereocenters. The van der Waals surface area contributed by atoms with Crippen LogP contribution in [0, 0.1) is 9.54 Å². The highest BCUT2D eigenvalue weighted by Crippen LogP contribution is 2.25. The Balaban J connectivity index is 3.13. The first kappa shape index (κ1) is 22.3. The molecule has 0 aliphatic rings. The lowest BCUT2D eigenvalue weighted by atomic mass is 9.98. The van der Waals surface area contributed by atoms with Crippen LogP contribution in [0.15, 0.2) is 0 Å². The molecule has 0 saturated carbocycles. The molecule has 0 saturated heterocycles. The van der Waals surface area contributed by atoms with Gasteiger partial charge in [0.1, 0.15) is 0 Å². The summed E-state index contributed by atoms with van der Waals surface area (Å²) >= 11 is 10.6. The summed E-state index contributed by atoms with van der Waals surface area (Å²) in [6, 6.07) is 0.959. The Labute approximate surface area is 163 Å². The van der Waals surface area contributed by atoms with Crippen LogP contribution in [0.5, 0.6) is 0 Å². The van der Waals surface area contributed by atoms with Crippen molar-refractivity contribution in [1.82, 2.24) is 15.0 Å². The van der Waals surface area contributed by atoms with Crippen molar-refractivity contribution in [2.75, 3.05) is 4.90 Å². The number of aromatic amines is 2. The fourth-order valence-electron chi connectivity index (χ4n) is 3.49. The van der Waals surface area contributed by atoms with E-state index in [4.69, 9.17) is 24.4 Å². The molecule has 1 aromatic heterocycles. The normalized spacial score (nSPS) is 13.6.